The van der Waals surface area contributed by atoms with Crippen LogP contribution < -0.4 is 10.1 Å². The lowest BCUT2D eigenvalue weighted by molar-refractivity contribution is -0.225. The van der Waals surface area contributed by atoms with Crippen molar-refractivity contribution < 1.29 is 41.1 Å². The first-order valence-corrected chi connectivity index (χ1v) is 11.1. The number of hydrogen-bond acceptors (Lipinski definition) is 9. The number of rotatable bonds is 8. The smallest absolute Gasteiger partial charge is 0.297 e. The number of fused-ring (bicyclic) bond motifs is 1. The summed E-state index contributed by atoms with van der Waals surface area (Å²) in [4.78, 5) is 11.2. The minimum absolute atomic E-state index is 0.00313. The van der Waals surface area contributed by atoms with Gasteiger partial charge in [-0.05, 0) is 38.1 Å². The Morgan fingerprint density at radius 2 is 1.93 bits per heavy atom. The van der Waals surface area contributed by atoms with E-state index in [-0.39, 0.29) is 29.9 Å². The standard InChI is InChI=1S/C19H25NO9S/c1-19(2)28-14-8-13(27-18(14)29-19)15(26-17-9-16(21)20-17)10-25-30(22,23)12-6-4-11(24-3)5-7-12/h4-7,13-15,17-18H,8-10H2,1-3H3,(H,20,21)/t13-,14+,15+,17-,18+/m0/s1. The third-order valence-corrected chi connectivity index (χ3v) is 6.39. The Bertz CT molecular complexity index is 862. The second-order valence-corrected chi connectivity index (χ2v) is 9.42. The molecule has 1 aromatic rings. The summed E-state index contributed by atoms with van der Waals surface area (Å²) in [6.45, 7) is 3.31. The molecule has 1 aromatic carbocycles. The van der Waals surface area contributed by atoms with Gasteiger partial charge in [-0.2, -0.15) is 8.42 Å². The van der Waals surface area contributed by atoms with Gasteiger partial charge in [0.05, 0.1) is 31.1 Å². The molecule has 4 rings (SSSR count). The lowest BCUT2D eigenvalue weighted by atomic mass is 10.1. The number of β-lactam (4-membered cyclic amide) rings is 1. The molecule has 10 nitrogen and oxygen atoms in total. The molecule has 1 N–H and O–H groups in total. The molecule has 0 aromatic heterocycles. The van der Waals surface area contributed by atoms with Crippen LogP contribution >= 0.6 is 0 Å². The van der Waals surface area contributed by atoms with Crippen molar-refractivity contribution in [2.45, 2.75) is 68.2 Å². The van der Waals surface area contributed by atoms with Crippen molar-refractivity contribution in [3.05, 3.63) is 24.3 Å². The van der Waals surface area contributed by atoms with Gasteiger partial charge >= 0.3 is 0 Å². The van der Waals surface area contributed by atoms with Gasteiger partial charge in [0, 0.05) is 6.42 Å². The largest absolute Gasteiger partial charge is 0.497 e. The molecule has 3 heterocycles. The molecule has 3 aliphatic heterocycles. The second kappa shape index (κ2) is 8.06. The molecular weight excluding hydrogens is 418 g/mol. The van der Waals surface area contributed by atoms with E-state index in [1.54, 1.807) is 13.8 Å². The maximum Gasteiger partial charge on any atom is 0.297 e. The van der Waals surface area contributed by atoms with E-state index in [2.05, 4.69) is 5.32 Å². The van der Waals surface area contributed by atoms with E-state index in [1.165, 1.54) is 31.4 Å². The van der Waals surface area contributed by atoms with Crippen LogP contribution in [0.5, 0.6) is 5.75 Å². The molecule has 0 spiro atoms. The Balaban J connectivity index is 1.42. The zero-order valence-corrected chi connectivity index (χ0v) is 17.7. The van der Waals surface area contributed by atoms with Crippen molar-refractivity contribution in [2.75, 3.05) is 13.7 Å². The molecule has 30 heavy (non-hydrogen) atoms. The van der Waals surface area contributed by atoms with E-state index >= 15 is 0 Å². The van der Waals surface area contributed by atoms with Gasteiger partial charge in [0.1, 0.15) is 24.2 Å². The van der Waals surface area contributed by atoms with E-state index in [4.69, 9.17) is 27.9 Å². The number of ether oxygens (including phenoxy) is 5. The first-order chi connectivity index (χ1) is 14.1. The first kappa shape index (κ1) is 21.5. The Morgan fingerprint density at radius 1 is 1.23 bits per heavy atom. The fourth-order valence-electron chi connectivity index (χ4n) is 3.60. The van der Waals surface area contributed by atoms with Crippen LogP contribution in [-0.2, 0) is 38.0 Å². The molecule has 11 heteroatoms. The van der Waals surface area contributed by atoms with Crippen LogP contribution in [-0.4, -0.2) is 64.7 Å². The number of nitrogens with one attached hydrogen (secondary N) is 1. The summed E-state index contributed by atoms with van der Waals surface area (Å²) >= 11 is 0. The summed E-state index contributed by atoms with van der Waals surface area (Å²) in [6, 6.07) is 5.87. The van der Waals surface area contributed by atoms with Crippen LogP contribution in [0.3, 0.4) is 0 Å². The first-order valence-electron chi connectivity index (χ1n) is 9.65. The molecule has 5 atom stereocenters. The minimum Gasteiger partial charge on any atom is -0.497 e. The molecule has 3 aliphatic rings. The highest BCUT2D eigenvalue weighted by Gasteiger charge is 2.51. The topological polar surface area (TPSA) is 119 Å². The van der Waals surface area contributed by atoms with Crippen LogP contribution in [0.2, 0.25) is 0 Å². The van der Waals surface area contributed by atoms with Crippen LogP contribution in [0.1, 0.15) is 26.7 Å². The van der Waals surface area contributed by atoms with Crippen molar-refractivity contribution in [3.8, 4) is 5.75 Å². The van der Waals surface area contributed by atoms with Gasteiger partial charge in [0.25, 0.3) is 10.1 Å². The lowest BCUT2D eigenvalue weighted by Gasteiger charge is -2.33. The molecule has 166 valence electrons. The van der Waals surface area contributed by atoms with Crippen molar-refractivity contribution in [3.63, 3.8) is 0 Å². The molecule has 3 fully saturated rings. The zero-order chi connectivity index (χ0) is 21.5. The van der Waals surface area contributed by atoms with Crippen LogP contribution in [0.25, 0.3) is 0 Å². The molecule has 0 aliphatic carbocycles. The van der Waals surface area contributed by atoms with E-state index < -0.39 is 40.6 Å². The summed E-state index contributed by atoms with van der Waals surface area (Å²) in [5.74, 6) is -0.347. The number of carbonyl (C=O) groups is 1. The van der Waals surface area contributed by atoms with Crippen molar-refractivity contribution in [1.82, 2.24) is 5.32 Å². The van der Waals surface area contributed by atoms with Crippen molar-refractivity contribution >= 4 is 16.0 Å². The Kier molecular flexibility index (Phi) is 5.77. The number of amides is 1. The number of methoxy groups -OCH3 is 1. The predicted octanol–water partition coefficient (Wildman–Crippen LogP) is 0.898. The van der Waals surface area contributed by atoms with E-state index in [0.29, 0.717) is 12.2 Å². The summed E-state index contributed by atoms with van der Waals surface area (Å²) in [5, 5.41) is 2.60. The monoisotopic (exact) mass is 443 g/mol. The van der Waals surface area contributed by atoms with Gasteiger partial charge < -0.3 is 29.0 Å². The van der Waals surface area contributed by atoms with E-state index in [1.807, 2.05) is 0 Å². The molecule has 0 bridgehead atoms. The summed E-state index contributed by atoms with van der Waals surface area (Å²) in [6.07, 6.45) is -1.98. The number of carbonyl (C=O) groups excluding carboxylic acids is 1. The lowest BCUT2D eigenvalue weighted by Crippen LogP contribution is -2.53. The minimum atomic E-state index is -4.02. The second-order valence-electron chi connectivity index (χ2n) is 7.80. The molecule has 1 amide bonds. The third-order valence-electron chi connectivity index (χ3n) is 5.09. The van der Waals surface area contributed by atoms with E-state index in [9.17, 15) is 13.2 Å². The third kappa shape index (κ3) is 4.61. The highest BCUT2D eigenvalue weighted by Crippen LogP contribution is 2.38. The average Bonchev–Trinajstić information content (AvgIpc) is 3.16. The molecule has 0 radical (unpaired) electrons. The van der Waals surface area contributed by atoms with Gasteiger partial charge in [-0.25, -0.2) is 0 Å². The fraction of sp³-hybridized carbons (Fsp3) is 0.632. The average molecular weight is 443 g/mol. The van der Waals surface area contributed by atoms with Gasteiger partial charge in [-0.1, -0.05) is 0 Å². The van der Waals surface area contributed by atoms with Crippen molar-refractivity contribution in [1.29, 1.82) is 0 Å². The van der Waals surface area contributed by atoms with Gasteiger partial charge in [-0.3, -0.25) is 8.98 Å². The quantitative estimate of drug-likeness (QED) is 0.462. The Hall–Kier alpha value is -1.76. The Labute approximate surface area is 174 Å². The highest BCUT2D eigenvalue weighted by molar-refractivity contribution is 7.86. The molecule has 3 saturated heterocycles. The fourth-order valence-corrected chi connectivity index (χ4v) is 4.51. The number of hydrogen-bond donors (Lipinski definition) is 1. The van der Waals surface area contributed by atoms with Gasteiger partial charge in [-0.15, -0.1) is 0 Å². The predicted molar refractivity (Wildman–Crippen MR) is 101 cm³/mol. The summed E-state index contributed by atoms with van der Waals surface area (Å²) in [5.41, 5.74) is 0. The Morgan fingerprint density at radius 3 is 2.53 bits per heavy atom. The molecule has 0 unspecified atom stereocenters. The van der Waals surface area contributed by atoms with Crippen LogP contribution in [0, 0.1) is 0 Å². The van der Waals surface area contributed by atoms with E-state index in [0.717, 1.165) is 0 Å². The highest BCUT2D eigenvalue weighted by atomic mass is 32.2. The normalized spacial score (nSPS) is 31.0. The van der Waals surface area contributed by atoms with Crippen LogP contribution in [0.15, 0.2) is 29.2 Å². The zero-order valence-electron chi connectivity index (χ0n) is 16.9. The van der Waals surface area contributed by atoms with Crippen LogP contribution in [0.4, 0.5) is 0 Å². The maximum atomic E-state index is 12.6. The summed E-state index contributed by atoms with van der Waals surface area (Å²) in [7, 11) is -2.53. The molecular formula is C19H25NO9S. The van der Waals surface area contributed by atoms with Crippen molar-refractivity contribution in [2.24, 2.45) is 0 Å². The SMILES string of the molecule is COc1ccc(S(=O)(=O)OC[C@@H](O[C@H]2CC(=O)N2)[C@@H]2C[C@H]3OC(C)(C)O[C@H]3O2)cc1. The maximum absolute atomic E-state index is 12.6. The number of benzene rings is 1. The van der Waals surface area contributed by atoms with Gasteiger partial charge in [0.2, 0.25) is 5.91 Å². The molecule has 0 saturated carbocycles. The summed E-state index contributed by atoms with van der Waals surface area (Å²) < 4.78 is 58.7. The van der Waals surface area contributed by atoms with Gasteiger partial charge in [0.15, 0.2) is 12.1 Å².